The molecular formula is C16H12BrNO. The van der Waals surface area contributed by atoms with E-state index < -0.39 is 0 Å². The Hall–Kier alpha value is -1.87. The van der Waals surface area contributed by atoms with Gasteiger partial charge in [-0.1, -0.05) is 24.3 Å². The van der Waals surface area contributed by atoms with Crippen LogP contribution in [-0.2, 0) is 0 Å². The maximum atomic E-state index is 6.02. The fraction of sp³-hybridized carbons (Fsp3) is 0.0625. The van der Waals surface area contributed by atoms with E-state index in [0.29, 0.717) is 0 Å². The summed E-state index contributed by atoms with van der Waals surface area (Å²) in [6, 6.07) is 15.8. The zero-order valence-corrected chi connectivity index (χ0v) is 12.0. The molecule has 3 heteroatoms. The minimum Gasteiger partial charge on any atom is -0.456 e. The highest BCUT2D eigenvalue weighted by Crippen LogP contribution is 2.34. The first-order chi connectivity index (χ1) is 9.25. The highest BCUT2D eigenvalue weighted by Gasteiger charge is 2.10. The monoisotopic (exact) mass is 313 g/mol. The third-order valence-corrected chi connectivity index (χ3v) is 3.58. The molecule has 3 rings (SSSR count). The molecule has 0 spiro atoms. The second-order valence-corrected chi connectivity index (χ2v) is 5.18. The Bertz CT molecular complexity index is 725. The number of aromatic nitrogens is 1. The second kappa shape index (κ2) is 5.02. The lowest BCUT2D eigenvalue weighted by atomic mass is 10.1. The van der Waals surface area contributed by atoms with Gasteiger partial charge in [-0.05, 0) is 47.1 Å². The van der Waals surface area contributed by atoms with Gasteiger partial charge in [-0.2, -0.15) is 0 Å². The largest absolute Gasteiger partial charge is 0.456 e. The maximum Gasteiger partial charge on any atom is 0.141 e. The average Bonchev–Trinajstić information content (AvgIpc) is 2.43. The molecule has 0 atom stereocenters. The molecule has 0 saturated heterocycles. The predicted molar refractivity (Wildman–Crippen MR) is 80.7 cm³/mol. The highest BCUT2D eigenvalue weighted by atomic mass is 79.9. The molecular weight excluding hydrogens is 302 g/mol. The van der Waals surface area contributed by atoms with Crippen LogP contribution in [0.15, 0.2) is 59.2 Å². The van der Waals surface area contributed by atoms with Gasteiger partial charge in [-0.15, -0.1) is 0 Å². The van der Waals surface area contributed by atoms with Crippen molar-refractivity contribution in [2.45, 2.75) is 6.92 Å². The number of pyridine rings is 1. The molecule has 2 aromatic carbocycles. The Labute approximate surface area is 120 Å². The van der Waals surface area contributed by atoms with Gasteiger partial charge in [0, 0.05) is 21.6 Å². The standard InChI is InChI=1S/C16H12BrNO/c1-11-10-18-15-13(8-5-9-14(15)17)16(11)19-12-6-3-2-4-7-12/h2-10H,1H3. The maximum absolute atomic E-state index is 6.02. The van der Waals surface area contributed by atoms with Crippen molar-refractivity contribution in [1.29, 1.82) is 0 Å². The van der Waals surface area contributed by atoms with Gasteiger partial charge in [0.2, 0.25) is 0 Å². The van der Waals surface area contributed by atoms with Crippen LogP contribution in [0.2, 0.25) is 0 Å². The van der Waals surface area contributed by atoms with Crippen molar-refractivity contribution in [3.05, 3.63) is 64.8 Å². The molecule has 0 amide bonds. The van der Waals surface area contributed by atoms with E-state index in [9.17, 15) is 0 Å². The van der Waals surface area contributed by atoms with Crippen molar-refractivity contribution in [3.63, 3.8) is 0 Å². The lowest BCUT2D eigenvalue weighted by Crippen LogP contribution is -1.91. The lowest BCUT2D eigenvalue weighted by molar-refractivity contribution is 0.484. The van der Waals surface area contributed by atoms with Crippen molar-refractivity contribution in [1.82, 2.24) is 4.98 Å². The smallest absolute Gasteiger partial charge is 0.141 e. The number of hydrogen-bond donors (Lipinski definition) is 0. The van der Waals surface area contributed by atoms with Gasteiger partial charge in [-0.25, -0.2) is 0 Å². The van der Waals surface area contributed by atoms with Crippen molar-refractivity contribution >= 4 is 26.8 Å². The van der Waals surface area contributed by atoms with E-state index in [1.165, 1.54) is 0 Å². The minimum absolute atomic E-state index is 0.832. The van der Waals surface area contributed by atoms with Gasteiger partial charge in [0.1, 0.15) is 11.5 Å². The zero-order chi connectivity index (χ0) is 13.2. The number of fused-ring (bicyclic) bond motifs is 1. The number of para-hydroxylation sites is 2. The van der Waals surface area contributed by atoms with Crippen molar-refractivity contribution in [3.8, 4) is 11.5 Å². The van der Waals surface area contributed by atoms with Crippen LogP contribution in [0.25, 0.3) is 10.9 Å². The van der Waals surface area contributed by atoms with E-state index in [1.807, 2.05) is 61.7 Å². The Morgan fingerprint density at radius 2 is 1.79 bits per heavy atom. The normalized spacial score (nSPS) is 10.6. The Morgan fingerprint density at radius 1 is 1.00 bits per heavy atom. The summed E-state index contributed by atoms with van der Waals surface area (Å²) in [6.07, 6.45) is 1.84. The molecule has 0 saturated carbocycles. The third-order valence-electron chi connectivity index (χ3n) is 2.94. The number of halogens is 1. The number of hydrogen-bond acceptors (Lipinski definition) is 2. The third kappa shape index (κ3) is 2.34. The van der Waals surface area contributed by atoms with Gasteiger partial charge < -0.3 is 4.74 Å². The van der Waals surface area contributed by atoms with Crippen LogP contribution >= 0.6 is 15.9 Å². The molecule has 1 aromatic heterocycles. The van der Waals surface area contributed by atoms with E-state index >= 15 is 0 Å². The molecule has 1 heterocycles. The number of benzene rings is 2. The van der Waals surface area contributed by atoms with Crippen LogP contribution in [0, 0.1) is 6.92 Å². The first-order valence-electron chi connectivity index (χ1n) is 6.02. The molecule has 19 heavy (non-hydrogen) atoms. The SMILES string of the molecule is Cc1cnc2c(Br)cccc2c1Oc1ccccc1. The summed E-state index contributed by atoms with van der Waals surface area (Å²) in [7, 11) is 0. The molecule has 0 bridgehead atoms. The molecule has 0 aliphatic carbocycles. The quantitative estimate of drug-likeness (QED) is 0.656. The Morgan fingerprint density at radius 3 is 2.58 bits per heavy atom. The highest BCUT2D eigenvalue weighted by molar-refractivity contribution is 9.10. The molecule has 0 aliphatic heterocycles. The molecule has 2 nitrogen and oxygen atoms in total. The van der Waals surface area contributed by atoms with E-state index in [2.05, 4.69) is 20.9 Å². The molecule has 0 N–H and O–H groups in total. The molecule has 0 fully saturated rings. The van der Waals surface area contributed by atoms with Gasteiger partial charge in [0.15, 0.2) is 0 Å². The van der Waals surface area contributed by atoms with Gasteiger partial charge in [-0.3, -0.25) is 4.98 Å². The van der Waals surface area contributed by atoms with E-state index in [0.717, 1.165) is 32.4 Å². The molecule has 94 valence electrons. The second-order valence-electron chi connectivity index (χ2n) is 4.32. The van der Waals surface area contributed by atoms with Gasteiger partial charge in [0.05, 0.1) is 5.52 Å². The summed E-state index contributed by atoms with van der Waals surface area (Å²) < 4.78 is 6.99. The summed E-state index contributed by atoms with van der Waals surface area (Å²) >= 11 is 3.52. The van der Waals surface area contributed by atoms with Crippen LogP contribution in [0.3, 0.4) is 0 Å². The van der Waals surface area contributed by atoms with Crippen LogP contribution < -0.4 is 4.74 Å². The van der Waals surface area contributed by atoms with E-state index in [4.69, 9.17) is 4.74 Å². The van der Waals surface area contributed by atoms with E-state index in [1.54, 1.807) is 0 Å². The fourth-order valence-corrected chi connectivity index (χ4v) is 2.47. The fourth-order valence-electron chi connectivity index (χ4n) is 2.00. The summed E-state index contributed by atoms with van der Waals surface area (Å²) in [5.41, 5.74) is 1.94. The van der Waals surface area contributed by atoms with Gasteiger partial charge >= 0.3 is 0 Å². The Kier molecular flexibility index (Phi) is 3.22. The minimum atomic E-state index is 0.832. The summed E-state index contributed by atoms with van der Waals surface area (Å²) in [5.74, 6) is 1.69. The Balaban J connectivity index is 2.17. The summed E-state index contributed by atoms with van der Waals surface area (Å²) in [4.78, 5) is 4.46. The van der Waals surface area contributed by atoms with Crippen molar-refractivity contribution < 1.29 is 4.74 Å². The first-order valence-corrected chi connectivity index (χ1v) is 6.82. The molecule has 3 aromatic rings. The number of aryl methyl sites for hydroxylation is 1. The van der Waals surface area contributed by atoms with Crippen LogP contribution in [-0.4, -0.2) is 4.98 Å². The average molecular weight is 314 g/mol. The molecule has 0 aliphatic rings. The zero-order valence-electron chi connectivity index (χ0n) is 10.4. The predicted octanol–water partition coefficient (Wildman–Crippen LogP) is 5.10. The van der Waals surface area contributed by atoms with E-state index in [-0.39, 0.29) is 0 Å². The number of ether oxygens (including phenoxy) is 1. The molecule has 0 radical (unpaired) electrons. The topological polar surface area (TPSA) is 22.1 Å². The van der Waals surface area contributed by atoms with Crippen LogP contribution in [0.4, 0.5) is 0 Å². The number of nitrogens with zero attached hydrogens (tertiary/aromatic N) is 1. The van der Waals surface area contributed by atoms with Crippen LogP contribution in [0.1, 0.15) is 5.56 Å². The lowest BCUT2D eigenvalue weighted by Gasteiger charge is -2.12. The molecule has 0 unspecified atom stereocenters. The van der Waals surface area contributed by atoms with Crippen LogP contribution in [0.5, 0.6) is 11.5 Å². The van der Waals surface area contributed by atoms with Crippen molar-refractivity contribution in [2.24, 2.45) is 0 Å². The summed E-state index contributed by atoms with van der Waals surface area (Å²) in [6.45, 7) is 2.01. The first kappa shape index (κ1) is 12.2. The van der Waals surface area contributed by atoms with Crippen molar-refractivity contribution in [2.75, 3.05) is 0 Å². The summed E-state index contributed by atoms with van der Waals surface area (Å²) in [5, 5.41) is 1.01. The number of rotatable bonds is 2. The van der Waals surface area contributed by atoms with Gasteiger partial charge in [0.25, 0.3) is 0 Å².